The number of aryl methyl sites for hydroxylation is 1. The lowest BCUT2D eigenvalue weighted by molar-refractivity contribution is -0.143. The van der Waals surface area contributed by atoms with Gasteiger partial charge >= 0.3 is 5.97 Å². The maximum absolute atomic E-state index is 14.0. The van der Waals surface area contributed by atoms with Gasteiger partial charge in [0, 0.05) is 0 Å². The smallest absolute Gasteiger partial charge is 0.326 e. The number of halogens is 1. The monoisotopic (exact) mass is 414 g/mol. The molecule has 0 N–H and O–H groups in total. The summed E-state index contributed by atoms with van der Waals surface area (Å²) in [5, 5.41) is 0. The van der Waals surface area contributed by atoms with E-state index in [0.717, 1.165) is 29.5 Å². The molecule has 1 aromatic heterocycles. The molecule has 5 nitrogen and oxygen atoms in total. The lowest BCUT2D eigenvalue weighted by atomic mass is 10.1. The number of rotatable bonds is 7. The second-order valence-corrected chi connectivity index (χ2v) is 7.59. The van der Waals surface area contributed by atoms with Gasteiger partial charge in [-0.25, -0.2) is 4.39 Å². The Morgan fingerprint density at radius 1 is 1.17 bits per heavy atom. The predicted molar refractivity (Wildman–Crippen MR) is 111 cm³/mol. The van der Waals surface area contributed by atoms with E-state index in [1.807, 2.05) is 12.1 Å². The first-order chi connectivity index (χ1) is 14.0. The highest BCUT2D eigenvalue weighted by molar-refractivity contribution is 7.16. The average molecular weight is 415 g/mol. The number of hydrogen-bond donors (Lipinski definition) is 0. The summed E-state index contributed by atoms with van der Waals surface area (Å²) in [7, 11) is 0. The van der Waals surface area contributed by atoms with Crippen molar-refractivity contribution in [2.75, 3.05) is 6.61 Å². The Balaban J connectivity index is 2.09. The molecule has 0 fully saturated rings. The Morgan fingerprint density at radius 2 is 1.97 bits per heavy atom. The second kappa shape index (κ2) is 9.60. The molecular formula is C22H23FN2O3S. The van der Waals surface area contributed by atoms with E-state index in [1.54, 1.807) is 17.6 Å². The number of esters is 1. The molecule has 0 bridgehead atoms. The lowest BCUT2D eigenvalue weighted by Crippen LogP contribution is -2.23. The molecule has 152 valence electrons. The van der Waals surface area contributed by atoms with Crippen molar-refractivity contribution in [3.63, 3.8) is 0 Å². The third-order valence-electron chi connectivity index (χ3n) is 4.46. The zero-order valence-electron chi connectivity index (χ0n) is 16.5. The first-order valence-corrected chi connectivity index (χ1v) is 10.5. The van der Waals surface area contributed by atoms with Crippen LogP contribution in [-0.4, -0.2) is 23.1 Å². The molecule has 3 aromatic rings. The van der Waals surface area contributed by atoms with Crippen molar-refractivity contribution < 1.29 is 18.7 Å². The van der Waals surface area contributed by atoms with Crippen LogP contribution >= 0.6 is 11.3 Å². The molecule has 0 atom stereocenters. The molecule has 0 spiro atoms. The molecule has 2 aromatic carbocycles. The van der Waals surface area contributed by atoms with E-state index < -0.39 is 17.7 Å². The van der Waals surface area contributed by atoms with Gasteiger partial charge in [0.25, 0.3) is 5.91 Å². The standard InChI is InChI=1S/C22H23FN2O3S/c1-3-5-8-15-11-12-18-19(13-15)29-22(25(18)14-20(26)28-4-2)24-21(27)16-9-6-7-10-17(16)23/h6-7,9-13H,3-5,8,14H2,1-2H3. The van der Waals surface area contributed by atoms with Gasteiger partial charge in [0.2, 0.25) is 0 Å². The molecule has 1 heterocycles. The summed E-state index contributed by atoms with van der Waals surface area (Å²) in [5.41, 5.74) is 1.88. The number of amides is 1. The highest BCUT2D eigenvalue weighted by Gasteiger charge is 2.15. The van der Waals surface area contributed by atoms with Crippen LogP contribution in [0.25, 0.3) is 10.2 Å². The van der Waals surface area contributed by atoms with Crippen molar-refractivity contribution in [2.24, 2.45) is 4.99 Å². The summed E-state index contributed by atoms with van der Waals surface area (Å²) in [6, 6.07) is 11.7. The normalized spacial score (nSPS) is 11.8. The van der Waals surface area contributed by atoms with Crippen molar-refractivity contribution in [1.82, 2.24) is 4.57 Å². The highest BCUT2D eigenvalue weighted by Crippen LogP contribution is 2.21. The van der Waals surface area contributed by atoms with Gasteiger partial charge in [-0.05, 0) is 49.6 Å². The number of unbranched alkanes of at least 4 members (excludes halogenated alkanes) is 1. The van der Waals surface area contributed by atoms with Gasteiger partial charge in [0.05, 0.1) is 22.4 Å². The zero-order valence-corrected chi connectivity index (χ0v) is 17.3. The van der Waals surface area contributed by atoms with Crippen molar-refractivity contribution in [1.29, 1.82) is 0 Å². The molecule has 0 aliphatic heterocycles. The van der Waals surface area contributed by atoms with Gasteiger partial charge in [0.1, 0.15) is 12.4 Å². The van der Waals surface area contributed by atoms with Crippen LogP contribution in [0.4, 0.5) is 4.39 Å². The first-order valence-electron chi connectivity index (χ1n) is 9.65. The molecular weight excluding hydrogens is 391 g/mol. The molecule has 0 radical (unpaired) electrons. The van der Waals surface area contributed by atoms with Crippen molar-refractivity contribution in [3.05, 3.63) is 64.2 Å². The molecule has 3 rings (SSSR count). The van der Waals surface area contributed by atoms with Gasteiger partial charge in [0.15, 0.2) is 4.80 Å². The Labute approximate surface area is 172 Å². The molecule has 0 saturated carbocycles. The Kier molecular flexibility index (Phi) is 6.93. The fourth-order valence-corrected chi connectivity index (χ4v) is 4.10. The summed E-state index contributed by atoms with van der Waals surface area (Å²) in [6.07, 6.45) is 3.15. The second-order valence-electron chi connectivity index (χ2n) is 6.58. The summed E-state index contributed by atoms with van der Waals surface area (Å²) >= 11 is 1.31. The van der Waals surface area contributed by atoms with Crippen LogP contribution in [0.2, 0.25) is 0 Å². The summed E-state index contributed by atoms with van der Waals surface area (Å²) in [6.45, 7) is 4.08. The quantitative estimate of drug-likeness (QED) is 0.535. The molecule has 1 amide bonds. The van der Waals surface area contributed by atoms with Crippen LogP contribution in [0.5, 0.6) is 0 Å². The number of thiazole rings is 1. The van der Waals surface area contributed by atoms with Crippen molar-refractivity contribution in [2.45, 2.75) is 39.7 Å². The number of fused-ring (bicyclic) bond motifs is 1. The van der Waals surface area contributed by atoms with Crippen LogP contribution in [-0.2, 0) is 22.5 Å². The third kappa shape index (κ3) is 4.98. The predicted octanol–water partition coefficient (Wildman–Crippen LogP) is 4.49. The van der Waals surface area contributed by atoms with Gasteiger partial charge < -0.3 is 9.30 Å². The topological polar surface area (TPSA) is 60.7 Å². The van der Waals surface area contributed by atoms with E-state index in [4.69, 9.17) is 4.74 Å². The molecule has 0 unspecified atom stereocenters. The van der Waals surface area contributed by atoms with Crippen molar-refractivity contribution in [3.8, 4) is 0 Å². The molecule has 7 heteroatoms. The van der Waals surface area contributed by atoms with Crippen LogP contribution < -0.4 is 4.80 Å². The van der Waals surface area contributed by atoms with Crippen LogP contribution in [0.3, 0.4) is 0 Å². The van der Waals surface area contributed by atoms with Gasteiger partial charge in [-0.15, -0.1) is 0 Å². The van der Waals surface area contributed by atoms with Crippen molar-refractivity contribution >= 4 is 33.4 Å². The number of aromatic nitrogens is 1. The van der Waals surface area contributed by atoms with Gasteiger partial charge in [-0.3, -0.25) is 9.59 Å². The Bertz CT molecular complexity index is 1100. The maximum Gasteiger partial charge on any atom is 0.326 e. The Morgan fingerprint density at radius 3 is 2.69 bits per heavy atom. The minimum atomic E-state index is -0.682. The van der Waals surface area contributed by atoms with E-state index >= 15 is 0 Å². The van der Waals surface area contributed by atoms with E-state index in [9.17, 15) is 14.0 Å². The number of carbonyl (C=O) groups excluding carboxylic acids is 2. The van der Waals surface area contributed by atoms with Gasteiger partial charge in [-0.2, -0.15) is 4.99 Å². The van der Waals surface area contributed by atoms with Crippen LogP contribution in [0, 0.1) is 5.82 Å². The minimum absolute atomic E-state index is 0.0640. The van der Waals surface area contributed by atoms with Crippen LogP contribution in [0.15, 0.2) is 47.5 Å². The SMILES string of the molecule is CCCCc1ccc2c(c1)sc(=NC(=O)c1ccccc1F)n2CC(=O)OCC. The molecule has 0 aliphatic carbocycles. The third-order valence-corrected chi connectivity index (χ3v) is 5.50. The number of nitrogens with zero attached hydrogens (tertiary/aromatic N) is 2. The molecule has 0 saturated heterocycles. The Hall–Kier alpha value is -2.80. The first kappa shape index (κ1) is 20.9. The fourth-order valence-electron chi connectivity index (χ4n) is 3.01. The zero-order chi connectivity index (χ0) is 20.8. The number of hydrogen-bond acceptors (Lipinski definition) is 4. The minimum Gasteiger partial charge on any atom is -0.465 e. The number of benzene rings is 2. The van der Waals surface area contributed by atoms with E-state index in [0.29, 0.717) is 4.80 Å². The van der Waals surface area contributed by atoms with E-state index in [-0.39, 0.29) is 18.7 Å². The van der Waals surface area contributed by atoms with E-state index in [2.05, 4.69) is 18.0 Å². The fraction of sp³-hybridized carbons (Fsp3) is 0.318. The summed E-state index contributed by atoms with van der Waals surface area (Å²) in [4.78, 5) is 29.1. The van der Waals surface area contributed by atoms with E-state index in [1.165, 1.54) is 35.1 Å². The maximum atomic E-state index is 14.0. The van der Waals surface area contributed by atoms with Crippen LogP contribution in [0.1, 0.15) is 42.6 Å². The largest absolute Gasteiger partial charge is 0.465 e. The highest BCUT2D eigenvalue weighted by atomic mass is 32.1. The summed E-state index contributed by atoms with van der Waals surface area (Å²) in [5.74, 6) is -1.72. The average Bonchev–Trinajstić information content (AvgIpc) is 3.03. The molecule has 0 aliphatic rings. The van der Waals surface area contributed by atoms with Gasteiger partial charge in [-0.1, -0.05) is 42.9 Å². The number of carbonyl (C=O) groups is 2. The lowest BCUT2D eigenvalue weighted by Gasteiger charge is -2.06. The number of ether oxygens (including phenoxy) is 1. The molecule has 29 heavy (non-hydrogen) atoms. The summed E-state index contributed by atoms with van der Waals surface area (Å²) < 4.78 is 21.6.